The minimum atomic E-state index is -0.354. The molecule has 2 aliphatic heterocycles. The molecule has 0 bridgehead atoms. The first-order valence-corrected chi connectivity index (χ1v) is 12.8. The molecular formula is C26H28N6O3S. The van der Waals surface area contributed by atoms with Gasteiger partial charge in [0.2, 0.25) is 5.91 Å². The number of hydrogen-bond donors (Lipinski definition) is 2. The maximum atomic E-state index is 13.4. The summed E-state index contributed by atoms with van der Waals surface area (Å²) >= 11 is 1.24. The maximum absolute atomic E-state index is 13.4. The Bertz CT molecular complexity index is 1400. The fourth-order valence-corrected chi connectivity index (χ4v) is 5.84. The summed E-state index contributed by atoms with van der Waals surface area (Å²) in [5.74, 6) is 0.0435. The Morgan fingerprint density at radius 2 is 2.14 bits per heavy atom. The molecule has 0 radical (unpaired) electrons. The number of anilines is 3. The zero-order valence-corrected chi connectivity index (χ0v) is 21.3. The highest BCUT2D eigenvalue weighted by Gasteiger charge is 2.34. The van der Waals surface area contributed by atoms with Crippen molar-refractivity contribution < 1.29 is 14.4 Å². The smallest absolute Gasteiger partial charge is 0.331 e. The third-order valence-corrected chi connectivity index (χ3v) is 7.56. The summed E-state index contributed by atoms with van der Waals surface area (Å²) < 4.78 is 0. The summed E-state index contributed by atoms with van der Waals surface area (Å²) in [6.45, 7) is 10.8. The van der Waals surface area contributed by atoms with Crippen LogP contribution in [0.1, 0.15) is 41.2 Å². The van der Waals surface area contributed by atoms with E-state index in [1.807, 2.05) is 13.0 Å². The molecule has 10 heteroatoms. The SMILES string of the molecule is C=CC(=O)N1CC[C@@H](NC(=O)c2sc3nccc4c3c2NC(=O)N4c2cnc(CC(C)C)cc2C)C1. The number of aryl methyl sites for hydroxylation is 1. The molecule has 0 spiro atoms. The number of thiophene rings is 1. The number of nitrogens with one attached hydrogen (secondary N) is 2. The Kier molecular flexibility index (Phi) is 6.21. The fourth-order valence-electron chi connectivity index (χ4n) is 4.81. The lowest BCUT2D eigenvalue weighted by molar-refractivity contribution is -0.125. The van der Waals surface area contributed by atoms with E-state index < -0.39 is 0 Å². The number of carbonyl (C=O) groups is 3. The Labute approximate surface area is 213 Å². The molecule has 0 aromatic carbocycles. The van der Waals surface area contributed by atoms with Crippen LogP contribution in [-0.4, -0.2) is 51.8 Å². The van der Waals surface area contributed by atoms with Crippen molar-refractivity contribution in [2.24, 2.45) is 5.92 Å². The standard InChI is InChI=1S/C26H28N6O3S/c1-5-20(33)31-9-7-16(13-31)29-24(34)23-22-21-18(6-8-27-25(21)36-23)32(26(35)30-22)19-12-28-17(10-14(2)3)11-15(19)4/h5-6,8,11-12,14,16H,1,7,9-10,13H2,2-4H3,(H,29,34)(H,30,35)/t16-/m1/s1. The highest BCUT2D eigenvalue weighted by Crippen LogP contribution is 2.46. The molecule has 1 fully saturated rings. The highest BCUT2D eigenvalue weighted by molar-refractivity contribution is 7.21. The van der Waals surface area contributed by atoms with Gasteiger partial charge in [-0.05, 0) is 49.5 Å². The molecule has 5 rings (SSSR count). The molecule has 2 N–H and O–H groups in total. The van der Waals surface area contributed by atoms with E-state index >= 15 is 0 Å². The van der Waals surface area contributed by atoms with Crippen LogP contribution < -0.4 is 15.5 Å². The summed E-state index contributed by atoms with van der Waals surface area (Å²) in [5.41, 5.74) is 3.75. The van der Waals surface area contributed by atoms with Gasteiger partial charge >= 0.3 is 6.03 Å². The van der Waals surface area contributed by atoms with Crippen LogP contribution in [0.15, 0.2) is 37.2 Å². The van der Waals surface area contributed by atoms with Crippen LogP contribution in [0, 0.1) is 12.8 Å². The first-order chi connectivity index (χ1) is 17.3. The van der Waals surface area contributed by atoms with Crippen molar-refractivity contribution in [2.75, 3.05) is 23.3 Å². The van der Waals surface area contributed by atoms with E-state index in [1.54, 1.807) is 28.3 Å². The molecule has 1 atom stereocenters. The molecule has 0 unspecified atom stereocenters. The molecule has 9 nitrogen and oxygen atoms in total. The van der Waals surface area contributed by atoms with Crippen LogP contribution in [0.5, 0.6) is 0 Å². The third kappa shape index (κ3) is 4.21. The zero-order chi connectivity index (χ0) is 25.6. The zero-order valence-electron chi connectivity index (χ0n) is 20.5. The van der Waals surface area contributed by atoms with E-state index in [1.165, 1.54) is 17.4 Å². The van der Waals surface area contributed by atoms with Gasteiger partial charge in [-0.1, -0.05) is 20.4 Å². The van der Waals surface area contributed by atoms with Gasteiger partial charge in [0.05, 0.1) is 28.6 Å². The Balaban J connectivity index is 1.47. The predicted octanol–water partition coefficient (Wildman–Crippen LogP) is 4.40. The average Bonchev–Trinajstić information content (AvgIpc) is 3.45. The lowest BCUT2D eigenvalue weighted by Crippen LogP contribution is -2.39. The van der Waals surface area contributed by atoms with Gasteiger partial charge in [-0.25, -0.2) is 9.78 Å². The molecule has 0 aliphatic carbocycles. The number of nitrogens with zero attached hydrogens (tertiary/aromatic N) is 4. The Hall–Kier alpha value is -3.79. The molecule has 36 heavy (non-hydrogen) atoms. The van der Waals surface area contributed by atoms with E-state index in [4.69, 9.17) is 0 Å². The fraction of sp³-hybridized carbons (Fsp3) is 0.346. The van der Waals surface area contributed by atoms with Crippen LogP contribution >= 0.6 is 11.3 Å². The van der Waals surface area contributed by atoms with E-state index in [-0.39, 0.29) is 23.9 Å². The molecule has 5 heterocycles. The summed E-state index contributed by atoms with van der Waals surface area (Å²) in [6.07, 6.45) is 6.19. The second kappa shape index (κ2) is 9.34. The number of rotatable bonds is 6. The molecule has 186 valence electrons. The summed E-state index contributed by atoms with van der Waals surface area (Å²) in [6, 6.07) is 3.29. The summed E-state index contributed by atoms with van der Waals surface area (Å²) in [5, 5.41) is 6.67. The second-order valence-corrected chi connectivity index (χ2v) is 10.6. The van der Waals surface area contributed by atoms with Crippen LogP contribution in [0.3, 0.4) is 0 Å². The molecule has 3 aromatic heterocycles. The monoisotopic (exact) mass is 504 g/mol. The first kappa shape index (κ1) is 23.9. The van der Waals surface area contributed by atoms with Gasteiger partial charge in [0.15, 0.2) is 0 Å². The van der Waals surface area contributed by atoms with Gasteiger partial charge in [-0.15, -0.1) is 11.3 Å². The van der Waals surface area contributed by atoms with Crippen molar-refractivity contribution in [1.82, 2.24) is 20.2 Å². The minimum Gasteiger partial charge on any atom is -0.347 e. The van der Waals surface area contributed by atoms with Crippen LogP contribution in [0.4, 0.5) is 21.9 Å². The molecule has 3 aromatic rings. The number of pyridine rings is 2. The van der Waals surface area contributed by atoms with Crippen molar-refractivity contribution in [1.29, 1.82) is 0 Å². The molecule has 4 amide bonds. The average molecular weight is 505 g/mol. The Morgan fingerprint density at radius 1 is 1.33 bits per heavy atom. The third-order valence-electron chi connectivity index (χ3n) is 6.46. The number of hydrogen-bond acceptors (Lipinski definition) is 6. The van der Waals surface area contributed by atoms with E-state index in [2.05, 4.69) is 41.0 Å². The summed E-state index contributed by atoms with van der Waals surface area (Å²) in [4.78, 5) is 51.9. The van der Waals surface area contributed by atoms with Gasteiger partial charge in [-0.3, -0.25) is 19.5 Å². The maximum Gasteiger partial charge on any atom is 0.331 e. The van der Waals surface area contributed by atoms with E-state index in [0.29, 0.717) is 52.2 Å². The van der Waals surface area contributed by atoms with Crippen molar-refractivity contribution >= 4 is 56.5 Å². The van der Waals surface area contributed by atoms with Crippen molar-refractivity contribution in [3.8, 4) is 0 Å². The van der Waals surface area contributed by atoms with Crippen molar-refractivity contribution in [3.05, 3.63) is 53.3 Å². The molecular weight excluding hydrogens is 476 g/mol. The minimum absolute atomic E-state index is 0.146. The largest absolute Gasteiger partial charge is 0.347 e. The summed E-state index contributed by atoms with van der Waals surface area (Å²) in [7, 11) is 0. The molecule has 2 aliphatic rings. The number of likely N-dealkylation sites (tertiary alicyclic amines) is 1. The lowest BCUT2D eigenvalue weighted by atomic mass is 10.0. The van der Waals surface area contributed by atoms with Gasteiger partial charge < -0.3 is 15.5 Å². The van der Waals surface area contributed by atoms with E-state index in [0.717, 1.165) is 23.1 Å². The van der Waals surface area contributed by atoms with Gasteiger partial charge in [0.1, 0.15) is 9.71 Å². The van der Waals surface area contributed by atoms with Crippen molar-refractivity contribution in [3.63, 3.8) is 0 Å². The highest BCUT2D eigenvalue weighted by atomic mass is 32.1. The predicted molar refractivity (Wildman–Crippen MR) is 141 cm³/mol. The van der Waals surface area contributed by atoms with Gasteiger partial charge in [0, 0.05) is 31.0 Å². The van der Waals surface area contributed by atoms with Crippen LogP contribution in [-0.2, 0) is 11.2 Å². The topological polar surface area (TPSA) is 108 Å². The van der Waals surface area contributed by atoms with Crippen molar-refractivity contribution in [2.45, 2.75) is 39.7 Å². The van der Waals surface area contributed by atoms with Crippen LogP contribution in [0.25, 0.3) is 10.2 Å². The van der Waals surface area contributed by atoms with E-state index in [9.17, 15) is 14.4 Å². The number of urea groups is 1. The quantitative estimate of drug-likeness (QED) is 0.484. The first-order valence-electron chi connectivity index (χ1n) is 12.0. The second-order valence-electron chi connectivity index (χ2n) is 9.59. The molecule has 1 saturated heterocycles. The number of carbonyl (C=O) groups excluding carboxylic acids is 3. The normalized spacial score (nSPS) is 17.0. The number of amides is 4. The van der Waals surface area contributed by atoms with Crippen LogP contribution in [0.2, 0.25) is 0 Å². The Morgan fingerprint density at radius 3 is 2.86 bits per heavy atom. The van der Waals surface area contributed by atoms with Gasteiger partial charge in [-0.2, -0.15) is 0 Å². The molecule has 0 saturated carbocycles. The van der Waals surface area contributed by atoms with Gasteiger partial charge in [0.25, 0.3) is 5.91 Å². The number of aromatic nitrogens is 2. The lowest BCUT2D eigenvalue weighted by Gasteiger charge is -2.29.